The van der Waals surface area contributed by atoms with E-state index in [1.807, 2.05) is 31.1 Å². The molecule has 6 nitrogen and oxygen atoms in total. The molecule has 0 atom stereocenters. The highest BCUT2D eigenvalue weighted by atomic mass is 16.5. The van der Waals surface area contributed by atoms with Crippen molar-refractivity contribution in [2.45, 2.75) is 0 Å². The fraction of sp³-hybridized carbons (Fsp3) is 0.154. The Morgan fingerprint density at radius 2 is 2.00 bits per heavy atom. The summed E-state index contributed by atoms with van der Waals surface area (Å²) >= 11 is 0. The average molecular weight is 255 g/mol. The van der Waals surface area contributed by atoms with Crippen LogP contribution in [-0.4, -0.2) is 24.1 Å². The highest BCUT2D eigenvalue weighted by Gasteiger charge is 2.10. The van der Waals surface area contributed by atoms with Gasteiger partial charge in [-0.05, 0) is 12.1 Å². The summed E-state index contributed by atoms with van der Waals surface area (Å²) in [6.45, 7) is 0. The number of nitriles is 1. The van der Waals surface area contributed by atoms with Crippen molar-refractivity contribution in [3.05, 3.63) is 36.3 Å². The number of nitrogens with zero attached hydrogens (tertiary/aromatic N) is 4. The van der Waals surface area contributed by atoms with E-state index in [-0.39, 0.29) is 11.6 Å². The zero-order valence-corrected chi connectivity index (χ0v) is 10.7. The van der Waals surface area contributed by atoms with E-state index in [2.05, 4.69) is 9.97 Å². The topological polar surface area (TPSA) is 88.1 Å². The molecular formula is C13H13N5O. The number of benzene rings is 1. The number of nitrogen functional groups attached to an aromatic ring is 1. The van der Waals surface area contributed by atoms with Crippen molar-refractivity contribution in [1.29, 1.82) is 5.26 Å². The monoisotopic (exact) mass is 255 g/mol. The minimum Gasteiger partial charge on any atom is -0.434 e. The van der Waals surface area contributed by atoms with Gasteiger partial charge < -0.3 is 15.4 Å². The molecule has 2 rings (SSSR count). The van der Waals surface area contributed by atoms with Crippen LogP contribution in [0.25, 0.3) is 0 Å². The lowest BCUT2D eigenvalue weighted by Gasteiger charge is -2.15. The van der Waals surface area contributed by atoms with Gasteiger partial charge in [-0.15, -0.1) is 0 Å². The summed E-state index contributed by atoms with van der Waals surface area (Å²) in [6.07, 6.45) is 2.90. The molecule has 0 aliphatic carbocycles. The van der Waals surface area contributed by atoms with E-state index in [0.29, 0.717) is 11.4 Å². The fourth-order valence-corrected chi connectivity index (χ4v) is 1.47. The van der Waals surface area contributed by atoms with Crippen LogP contribution in [0.1, 0.15) is 5.69 Å². The van der Waals surface area contributed by atoms with Gasteiger partial charge in [0.15, 0.2) is 5.75 Å². The quantitative estimate of drug-likeness (QED) is 0.841. The molecule has 0 unspecified atom stereocenters. The number of hydrogen-bond acceptors (Lipinski definition) is 6. The summed E-state index contributed by atoms with van der Waals surface area (Å²) in [5.41, 5.74) is 7.39. The van der Waals surface area contributed by atoms with Gasteiger partial charge in [-0.1, -0.05) is 0 Å². The van der Waals surface area contributed by atoms with Gasteiger partial charge in [-0.2, -0.15) is 5.26 Å². The molecule has 96 valence electrons. The molecule has 0 aliphatic rings. The lowest BCUT2D eigenvalue weighted by Crippen LogP contribution is -2.09. The minimum absolute atomic E-state index is 0.122. The lowest BCUT2D eigenvalue weighted by atomic mass is 10.2. The standard InChI is InChI=1S/C13H13N5O/c1-18(2)9-3-4-10(15)12(7-9)19-13-11(8-14)16-5-6-17-13/h3-7H,15H2,1-2H3. The first-order chi connectivity index (χ1) is 9.11. The molecule has 6 heteroatoms. The fourth-order valence-electron chi connectivity index (χ4n) is 1.47. The summed E-state index contributed by atoms with van der Waals surface area (Å²) in [5.74, 6) is 0.593. The predicted molar refractivity (Wildman–Crippen MR) is 72.0 cm³/mol. The van der Waals surface area contributed by atoms with Crippen molar-refractivity contribution >= 4 is 11.4 Å². The minimum atomic E-state index is 0.122. The summed E-state index contributed by atoms with van der Waals surface area (Å²) in [7, 11) is 3.83. The molecule has 1 aromatic heterocycles. The van der Waals surface area contributed by atoms with Crippen molar-refractivity contribution < 1.29 is 4.74 Å². The van der Waals surface area contributed by atoms with Gasteiger partial charge in [0.1, 0.15) is 6.07 Å². The van der Waals surface area contributed by atoms with E-state index in [9.17, 15) is 0 Å². The Bertz CT molecular complexity index is 633. The van der Waals surface area contributed by atoms with E-state index in [1.54, 1.807) is 12.1 Å². The Kier molecular flexibility index (Phi) is 3.48. The first kappa shape index (κ1) is 12.6. The molecule has 0 bridgehead atoms. The van der Waals surface area contributed by atoms with Crippen molar-refractivity contribution in [3.8, 4) is 17.7 Å². The molecule has 0 spiro atoms. The molecule has 2 N–H and O–H groups in total. The smallest absolute Gasteiger partial charge is 0.256 e. The molecule has 19 heavy (non-hydrogen) atoms. The highest BCUT2D eigenvalue weighted by Crippen LogP contribution is 2.30. The van der Waals surface area contributed by atoms with Gasteiger partial charge in [0.25, 0.3) is 5.88 Å². The number of aromatic nitrogens is 2. The second-order valence-electron chi connectivity index (χ2n) is 4.04. The Balaban J connectivity index is 2.38. The van der Waals surface area contributed by atoms with Crippen LogP contribution in [-0.2, 0) is 0 Å². The lowest BCUT2D eigenvalue weighted by molar-refractivity contribution is 0.460. The zero-order valence-electron chi connectivity index (χ0n) is 10.7. The molecule has 0 aliphatic heterocycles. The summed E-state index contributed by atoms with van der Waals surface area (Å²) < 4.78 is 5.57. The number of ether oxygens (including phenoxy) is 1. The van der Waals surface area contributed by atoms with E-state index < -0.39 is 0 Å². The molecule has 0 saturated heterocycles. The zero-order chi connectivity index (χ0) is 13.8. The molecule has 2 aromatic rings. The summed E-state index contributed by atoms with van der Waals surface area (Å²) in [6, 6.07) is 7.33. The highest BCUT2D eigenvalue weighted by molar-refractivity contribution is 5.62. The molecular weight excluding hydrogens is 242 g/mol. The maximum Gasteiger partial charge on any atom is 0.256 e. The van der Waals surface area contributed by atoms with Gasteiger partial charge in [-0.25, -0.2) is 9.97 Å². The summed E-state index contributed by atoms with van der Waals surface area (Å²) in [5, 5.41) is 8.94. The Morgan fingerprint density at radius 1 is 1.26 bits per heavy atom. The van der Waals surface area contributed by atoms with Crippen molar-refractivity contribution in [3.63, 3.8) is 0 Å². The maximum atomic E-state index is 8.94. The van der Waals surface area contributed by atoms with E-state index >= 15 is 0 Å². The van der Waals surface area contributed by atoms with Gasteiger partial charge >= 0.3 is 0 Å². The predicted octanol–water partition coefficient (Wildman–Crippen LogP) is 1.79. The third-order valence-electron chi connectivity index (χ3n) is 2.49. The molecule has 0 fully saturated rings. The van der Waals surface area contributed by atoms with Crippen LogP contribution in [0.15, 0.2) is 30.6 Å². The third kappa shape index (κ3) is 2.72. The van der Waals surface area contributed by atoms with Gasteiger partial charge in [0.2, 0.25) is 5.69 Å². The van der Waals surface area contributed by atoms with Crippen LogP contribution in [0.5, 0.6) is 11.6 Å². The van der Waals surface area contributed by atoms with Crippen LogP contribution >= 0.6 is 0 Å². The maximum absolute atomic E-state index is 8.94. The van der Waals surface area contributed by atoms with Crippen LogP contribution in [0.4, 0.5) is 11.4 Å². The Morgan fingerprint density at radius 3 is 2.68 bits per heavy atom. The second kappa shape index (κ2) is 5.23. The Hall–Kier alpha value is -2.81. The van der Waals surface area contributed by atoms with Crippen molar-refractivity contribution in [2.75, 3.05) is 24.7 Å². The van der Waals surface area contributed by atoms with Crippen LogP contribution in [0, 0.1) is 11.3 Å². The largest absolute Gasteiger partial charge is 0.434 e. The molecule has 1 heterocycles. The molecule has 0 saturated carbocycles. The molecule has 1 aromatic carbocycles. The first-order valence-electron chi connectivity index (χ1n) is 5.57. The molecule has 0 radical (unpaired) electrons. The number of nitrogens with two attached hydrogens (primary N) is 1. The van der Waals surface area contributed by atoms with Crippen LogP contribution in [0.3, 0.4) is 0 Å². The third-order valence-corrected chi connectivity index (χ3v) is 2.49. The number of hydrogen-bond donors (Lipinski definition) is 1. The van der Waals surface area contributed by atoms with E-state index in [4.69, 9.17) is 15.7 Å². The second-order valence-corrected chi connectivity index (χ2v) is 4.04. The van der Waals surface area contributed by atoms with Crippen molar-refractivity contribution in [1.82, 2.24) is 9.97 Å². The van der Waals surface area contributed by atoms with Gasteiger partial charge in [0, 0.05) is 38.2 Å². The van der Waals surface area contributed by atoms with Crippen LogP contribution < -0.4 is 15.4 Å². The summed E-state index contributed by atoms with van der Waals surface area (Å²) in [4.78, 5) is 9.79. The van der Waals surface area contributed by atoms with Crippen LogP contribution in [0.2, 0.25) is 0 Å². The normalized spacial score (nSPS) is 9.74. The van der Waals surface area contributed by atoms with E-state index in [0.717, 1.165) is 5.69 Å². The Labute approximate surface area is 111 Å². The number of rotatable bonds is 3. The van der Waals surface area contributed by atoms with Gasteiger partial charge in [-0.3, -0.25) is 0 Å². The number of anilines is 2. The first-order valence-corrected chi connectivity index (χ1v) is 5.57. The average Bonchev–Trinajstić information content (AvgIpc) is 2.41. The van der Waals surface area contributed by atoms with Crippen molar-refractivity contribution in [2.24, 2.45) is 0 Å². The SMILES string of the molecule is CN(C)c1ccc(N)c(Oc2nccnc2C#N)c1. The molecule has 0 amide bonds. The van der Waals surface area contributed by atoms with E-state index in [1.165, 1.54) is 12.4 Å². The van der Waals surface area contributed by atoms with Gasteiger partial charge in [0.05, 0.1) is 5.69 Å².